The van der Waals surface area contributed by atoms with E-state index < -0.39 is 0 Å². The molecule has 6 nitrogen and oxygen atoms in total. The summed E-state index contributed by atoms with van der Waals surface area (Å²) in [5, 5.41) is 0. The van der Waals surface area contributed by atoms with Gasteiger partial charge in [0.15, 0.2) is 5.78 Å². The van der Waals surface area contributed by atoms with Gasteiger partial charge < -0.3 is 20.3 Å². The van der Waals surface area contributed by atoms with Crippen molar-refractivity contribution in [2.75, 3.05) is 39.4 Å². The van der Waals surface area contributed by atoms with Crippen molar-refractivity contribution < 1.29 is 14.3 Å². The van der Waals surface area contributed by atoms with E-state index in [1.807, 2.05) is 24.0 Å². The first-order valence-electron chi connectivity index (χ1n) is 7.59. The molecule has 120 valence electrons. The number of hydrogen-bond donors (Lipinski definition) is 1. The number of nitrogens with zero attached hydrogens (tertiary/aromatic N) is 2. The number of ketones is 1. The molecule has 1 aromatic carbocycles. The molecular weight excluding hydrogens is 282 g/mol. The molecule has 0 atom stereocenters. The highest BCUT2D eigenvalue weighted by molar-refractivity contribution is 5.97. The molecule has 2 amide bonds. The van der Waals surface area contributed by atoms with Gasteiger partial charge in [0.25, 0.3) is 0 Å². The number of morpholine rings is 1. The van der Waals surface area contributed by atoms with Crippen molar-refractivity contribution >= 4 is 11.8 Å². The van der Waals surface area contributed by atoms with Crippen LogP contribution in [0.25, 0.3) is 0 Å². The smallest absolute Gasteiger partial charge is 0.320 e. The number of benzene rings is 1. The maximum Gasteiger partial charge on any atom is 0.320 e. The van der Waals surface area contributed by atoms with Crippen LogP contribution in [0, 0.1) is 0 Å². The van der Waals surface area contributed by atoms with Gasteiger partial charge in [-0.05, 0) is 12.5 Å². The molecule has 1 fully saturated rings. The van der Waals surface area contributed by atoms with Crippen LogP contribution in [-0.4, -0.2) is 61.0 Å². The molecule has 0 aliphatic carbocycles. The highest BCUT2D eigenvalue weighted by Gasteiger charge is 2.21. The fourth-order valence-electron chi connectivity index (χ4n) is 2.40. The van der Waals surface area contributed by atoms with E-state index in [-0.39, 0.29) is 18.4 Å². The van der Waals surface area contributed by atoms with E-state index in [0.717, 1.165) is 5.56 Å². The Hall–Kier alpha value is -1.92. The molecule has 6 heteroatoms. The van der Waals surface area contributed by atoms with E-state index in [1.54, 1.807) is 17.0 Å². The summed E-state index contributed by atoms with van der Waals surface area (Å²) < 4.78 is 5.27. The summed E-state index contributed by atoms with van der Waals surface area (Å²) in [7, 11) is 0. The molecule has 0 spiro atoms. The Labute approximate surface area is 130 Å². The van der Waals surface area contributed by atoms with Gasteiger partial charge in [0.05, 0.1) is 19.8 Å². The predicted molar refractivity (Wildman–Crippen MR) is 83.7 cm³/mol. The minimum Gasteiger partial charge on any atom is -0.378 e. The second-order valence-electron chi connectivity index (χ2n) is 5.22. The lowest BCUT2D eigenvalue weighted by Gasteiger charge is -2.32. The van der Waals surface area contributed by atoms with Crippen LogP contribution in [0.1, 0.15) is 22.8 Å². The molecule has 0 saturated carbocycles. The molecule has 2 N–H and O–H groups in total. The van der Waals surface area contributed by atoms with Crippen molar-refractivity contribution in [3.8, 4) is 0 Å². The van der Waals surface area contributed by atoms with E-state index in [1.165, 1.54) is 0 Å². The van der Waals surface area contributed by atoms with E-state index in [2.05, 4.69) is 0 Å². The topological polar surface area (TPSA) is 75.9 Å². The molecule has 1 aliphatic rings. The van der Waals surface area contributed by atoms with Crippen LogP contribution >= 0.6 is 0 Å². The summed E-state index contributed by atoms with van der Waals surface area (Å²) in [5.41, 5.74) is 6.95. The molecule has 1 aliphatic heterocycles. The van der Waals surface area contributed by atoms with E-state index >= 15 is 0 Å². The quantitative estimate of drug-likeness (QED) is 0.827. The van der Waals surface area contributed by atoms with Crippen molar-refractivity contribution in [2.45, 2.75) is 13.5 Å². The van der Waals surface area contributed by atoms with Gasteiger partial charge in [-0.25, -0.2) is 4.79 Å². The lowest BCUT2D eigenvalue weighted by atomic mass is 10.1. The maximum atomic E-state index is 12.5. The zero-order valence-corrected chi connectivity index (χ0v) is 13.0. The Kier molecular flexibility index (Phi) is 5.91. The number of hydrogen-bond acceptors (Lipinski definition) is 4. The molecule has 1 saturated heterocycles. The number of carbonyl (C=O) groups is 2. The maximum absolute atomic E-state index is 12.5. The number of ether oxygens (including phenoxy) is 1. The van der Waals surface area contributed by atoms with Crippen LogP contribution in [0.5, 0.6) is 0 Å². The van der Waals surface area contributed by atoms with E-state index in [0.29, 0.717) is 45.0 Å². The van der Waals surface area contributed by atoms with Gasteiger partial charge in [-0.2, -0.15) is 0 Å². The van der Waals surface area contributed by atoms with Gasteiger partial charge in [-0.15, -0.1) is 0 Å². The number of Topliss-reactive ketones (excluding diaryl/α,β-unsaturated/α-hetero) is 1. The monoisotopic (exact) mass is 305 g/mol. The molecule has 1 aromatic rings. The van der Waals surface area contributed by atoms with Crippen LogP contribution in [0.3, 0.4) is 0 Å². The summed E-state index contributed by atoms with van der Waals surface area (Å²) in [4.78, 5) is 27.6. The third kappa shape index (κ3) is 4.05. The molecule has 0 bridgehead atoms. The minimum atomic E-state index is -0.0803. The van der Waals surface area contributed by atoms with Crippen LogP contribution in [0.2, 0.25) is 0 Å². The zero-order valence-electron chi connectivity index (χ0n) is 13.0. The standard InChI is InChI=1S/C16H23N3O3/c1-2-18(16(21)19-7-9-22-10-8-19)12-13-3-5-14(6-4-13)15(20)11-17/h3-6H,2,7-12,17H2,1H3. The van der Waals surface area contributed by atoms with Crippen molar-refractivity contribution in [3.63, 3.8) is 0 Å². The van der Waals surface area contributed by atoms with Crippen LogP contribution in [0.4, 0.5) is 4.79 Å². The van der Waals surface area contributed by atoms with E-state index in [9.17, 15) is 9.59 Å². The van der Waals surface area contributed by atoms with Gasteiger partial charge >= 0.3 is 6.03 Å². The first-order chi connectivity index (χ1) is 10.7. The van der Waals surface area contributed by atoms with Gasteiger partial charge in [-0.3, -0.25) is 4.79 Å². The number of carbonyl (C=O) groups excluding carboxylic acids is 2. The number of amides is 2. The first kappa shape index (κ1) is 16.5. The fraction of sp³-hybridized carbons (Fsp3) is 0.500. The zero-order chi connectivity index (χ0) is 15.9. The van der Waals surface area contributed by atoms with E-state index in [4.69, 9.17) is 10.5 Å². The Morgan fingerprint density at radius 1 is 1.23 bits per heavy atom. The van der Waals surface area contributed by atoms with Crippen LogP contribution in [0.15, 0.2) is 24.3 Å². The summed E-state index contributed by atoms with van der Waals surface area (Å²) in [6, 6.07) is 7.30. The summed E-state index contributed by atoms with van der Waals surface area (Å²) in [6.45, 7) is 5.61. The third-order valence-electron chi connectivity index (χ3n) is 3.77. The summed E-state index contributed by atoms with van der Waals surface area (Å²) >= 11 is 0. The van der Waals surface area contributed by atoms with Crippen molar-refractivity contribution in [2.24, 2.45) is 5.73 Å². The van der Waals surface area contributed by atoms with Gasteiger partial charge in [0, 0.05) is 31.7 Å². The fourth-order valence-corrected chi connectivity index (χ4v) is 2.40. The predicted octanol–water partition coefficient (Wildman–Crippen LogP) is 1.10. The van der Waals surface area contributed by atoms with Crippen LogP contribution < -0.4 is 5.73 Å². The Morgan fingerprint density at radius 3 is 2.41 bits per heavy atom. The second kappa shape index (κ2) is 7.91. The van der Waals surface area contributed by atoms with Crippen molar-refractivity contribution in [1.29, 1.82) is 0 Å². The lowest BCUT2D eigenvalue weighted by molar-refractivity contribution is 0.0431. The Balaban J connectivity index is 2.00. The SMILES string of the molecule is CCN(Cc1ccc(C(=O)CN)cc1)C(=O)N1CCOCC1. The van der Waals surface area contributed by atoms with Crippen LogP contribution in [-0.2, 0) is 11.3 Å². The molecular formula is C16H23N3O3. The average Bonchev–Trinajstić information content (AvgIpc) is 2.59. The molecule has 0 radical (unpaired) electrons. The highest BCUT2D eigenvalue weighted by atomic mass is 16.5. The third-order valence-corrected chi connectivity index (χ3v) is 3.77. The average molecular weight is 305 g/mol. The van der Waals surface area contributed by atoms with Gasteiger partial charge in [0.2, 0.25) is 0 Å². The molecule has 22 heavy (non-hydrogen) atoms. The second-order valence-corrected chi connectivity index (χ2v) is 5.22. The Bertz CT molecular complexity index is 510. The van der Waals surface area contributed by atoms with Crippen molar-refractivity contribution in [3.05, 3.63) is 35.4 Å². The lowest BCUT2D eigenvalue weighted by Crippen LogP contribution is -2.47. The van der Waals surface area contributed by atoms with Gasteiger partial charge in [-0.1, -0.05) is 24.3 Å². The first-order valence-corrected chi connectivity index (χ1v) is 7.59. The summed E-state index contributed by atoms with van der Waals surface area (Å²) in [6.07, 6.45) is 0. The molecule has 2 rings (SSSR count). The van der Waals surface area contributed by atoms with Gasteiger partial charge in [0.1, 0.15) is 0 Å². The largest absolute Gasteiger partial charge is 0.378 e. The number of rotatable bonds is 5. The number of nitrogens with two attached hydrogens (primary N) is 1. The Morgan fingerprint density at radius 2 is 1.86 bits per heavy atom. The minimum absolute atomic E-state index is 0.00987. The number of urea groups is 1. The van der Waals surface area contributed by atoms with Crippen molar-refractivity contribution in [1.82, 2.24) is 9.80 Å². The molecule has 0 aromatic heterocycles. The molecule has 0 unspecified atom stereocenters. The highest BCUT2D eigenvalue weighted by Crippen LogP contribution is 2.11. The normalized spacial score (nSPS) is 14.7. The summed E-state index contributed by atoms with van der Waals surface area (Å²) in [5.74, 6) is -0.0803. The molecule has 1 heterocycles.